The number of amides is 1. The zero-order valence-electron chi connectivity index (χ0n) is 13.9. The fourth-order valence-electron chi connectivity index (χ4n) is 2.47. The molecule has 1 aliphatic rings. The van der Waals surface area contributed by atoms with Crippen LogP contribution < -0.4 is 5.32 Å². The summed E-state index contributed by atoms with van der Waals surface area (Å²) < 4.78 is 0. The van der Waals surface area contributed by atoms with E-state index < -0.39 is 0 Å². The molecule has 0 atom stereocenters. The van der Waals surface area contributed by atoms with Crippen molar-refractivity contribution >= 4 is 23.2 Å². The smallest absolute Gasteiger partial charge is 0.239 e. The van der Waals surface area contributed by atoms with Gasteiger partial charge < -0.3 is 5.32 Å². The first-order chi connectivity index (χ1) is 10.3. The van der Waals surface area contributed by atoms with E-state index in [1.54, 1.807) is 0 Å². The van der Waals surface area contributed by atoms with Gasteiger partial charge in [0.2, 0.25) is 5.91 Å². The average molecular weight is 312 g/mol. The fourth-order valence-corrected chi connectivity index (χ4v) is 2.54. The number of carbonyl (C=O) groups excluding carboxylic acids is 1. The van der Waals surface area contributed by atoms with Gasteiger partial charge in [-0.25, -0.2) is 0 Å². The summed E-state index contributed by atoms with van der Waals surface area (Å²) in [4.78, 5) is 11.1. The number of anilines is 1. The van der Waals surface area contributed by atoms with Crippen molar-refractivity contribution in [3.8, 4) is 0 Å². The van der Waals surface area contributed by atoms with E-state index in [2.05, 4.69) is 17.4 Å². The first-order valence-electron chi connectivity index (χ1n) is 8.25. The van der Waals surface area contributed by atoms with E-state index in [1.165, 1.54) is 37.7 Å². The van der Waals surface area contributed by atoms with Crippen molar-refractivity contribution in [3.05, 3.63) is 29.8 Å². The number of nitrogens with one attached hydrogen (secondary N) is 1. The Morgan fingerprint density at radius 1 is 1.05 bits per heavy atom. The van der Waals surface area contributed by atoms with Crippen molar-refractivity contribution in [2.45, 2.75) is 65.7 Å². The summed E-state index contributed by atoms with van der Waals surface area (Å²) in [5, 5.41) is 2.75. The predicted molar refractivity (Wildman–Crippen MR) is 94.3 cm³/mol. The topological polar surface area (TPSA) is 29.1 Å². The number of hydrogen-bond acceptors (Lipinski definition) is 1. The standard InChI is InChI=1S/C14H18ClNO.2C2H6/c15-10-14(17)16-13-8-6-12(7-9-13)11-4-2-1-3-5-11;2*1-2/h6-9,11H,1-5,10H2,(H,16,17);2*1-2H3. The molecular weight excluding hydrogens is 282 g/mol. The molecule has 1 N–H and O–H groups in total. The summed E-state index contributed by atoms with van der Waals surface area (Å²) in [6, 6.07) is 8.18. The summed E-state index contributed by atoms with van der Waals surface area (Å²) in [5.41, 5.74) is 2.23. The monoisotopic (exact) mass is 311 g/mol. The fraction of sp³-hybridized carbons (Fsp3) is 0.611. The van der Waals surface area contributed by atoms with Crippen molar-refractivity contribution < 1.29 is 4.79 Å². The maximum absolute atomic E-state index is 11.1. The molecule has 0 spiro atoms. The molecule has 2 rings (SSSR count). The summed E-state index contributed by atoms with van der Waals surface area (Å²) in [7, 11) is 0. The molecule has 0 aliphatic heterocycles. The summed E-state index contributed by atoms with van der Waals surface area (Å²) in [6.45, 7) is 8.00. The first kappa shape index (κ1) is 20.0. The Morgan fingerprint density at radius 2 is 1.57 bits per heavy atom. The van der Waals surface area contributed by atoms with Crippen LogP contribution in [0, 0.1) is 0 Å². The summed E-state index contributed by atoms with van der Waals surface area (Å²) >= 11 is 5.44. The van der Waals surface area contributed by atoms with Gasteiger partial charge in [-0.1, -0.05) is 59.1 Å². The van der Waals surface area contributed by atoms with Gasteiger partial charge in [0, 0.05) is 5.69 Å². The van der Waals surface area contributed by atoms with Gasteiger partial charge >= 0.3 is 0 Å². The van der Waals surface area contributed by atoms with Crippen LogP contribution in [0.4, 0.5) is 5.69 Å². The van der Waals surface area contributed by atoms with Gasteiger partial charge in [0.05, 0.1) is 0 Å². The molecule has 1 aromatic carbocycles. The predicted octanol–water partition coefficient (Wildman–Crippen LogP) is 5.96. The van der Waals surface area contributed by atoms with Crippen LogP contribution in [0.5, 0.6) is 0 Å². The molecule has 0 radical (unpaired) electrons. The minimum absolute atomic E-state index is 0.00434. The van der Waals surface area contributed by atoms with E-state index in [1.807, 2.05) is 39.8 Å². The molecule has 1 aliphatic carbocycles. The highest BCUT2D eigenvalue weighted by Crippen LogP contribution is 2.32. The quantitative estimate of drug-likeness (QED) is 0.685. The molecule has 2 nitrogen and oxygen atoms in total. The van der Waals surface area contributed by atoms with E-state index in [4.69, 9.17) is 11.6 Å². The van der Waals surface area contributed by atoms with Crippen LogP contribution in [0.15, 0.2) is 24.3 Å². The lowest BCUT2D eigenvalue weighted by Crippen LogP contribution is -2.12. The Bertz CT molecular complexity index is 369. The SMILES string of the molecule is CC.CC.O=C(CCl)Nc1ccc(C2CCCCC2)cc1. The Labute approximate surface area is 135 Å². The molecule has 21 heavy (non-hydrogen) atoms. The molecule has 0 aromatic heterocycles. The van der Waals surface area contributed by atoms with Gasteiger partial charge in [-0.05, 0) is 36.5 Å². The Morgan fingerprint density at radius 3 is 2.05 bits per heavy atom. The van der Waals surface area contributed by atoms with Gasteiger partial charge in [-0.2, -0.15) is 0 Å². The van der Waals surface area contributed by atoms with Gasteiger partial charge in [-0.15, -0.1) is 11.6 Å². The Hall–Kier alpha value is -1.02. The van der Waals surface area contributed by atoms with E-state index in [0.29, 0.717) is 5.92 Å². The highest BCUT2D eigenvalue weighted by molar-refractivity contribution is 6.29. The van der Waals surface area contributed by atoms with E-state index in [9.17, 15) is 4.79 Å². The molecule has 0 saturated heterocycles. The Balaban J connectivity index is 0.000000921. The molecule has 0 unspecified atom stereocenters. The first-order valence-corrected chi connectivity index (χ1v) is 8.79. The molecule has 120 valence electrons. The maximum Gasteiger partial charge on any atom is 0.239 e. The molecule has 1 fully saturated rings. The minimum Gasteiger partial charge on any atom is -0.325 e. The zero-order valence-corrected chi connectivity index (χ0v) is 14.7. The van der Waals surface area contributed by atoms with Crippen molar-refractivity contribution in [1.82, 2.24) is 0 Å². The van der Waals surface area contributed by atoms with Gasteiger partial charge in [0.1, 0.15) is 5.88 Å². The zero-order chi connectivity index (χ0) is 16.1. The Kier molecular flexibility index (Phi) is 12.1. The van der Waals surface area contributed by atoms with Crippen LogP contribution in [-0.2, 0) is 4.79 Å². The number of rotatable bonds is 3. The lowest BCUT2D eigenvalue weighted by molar-refractivity contribution is -0.113. The van der Waals surface area contributed by atoms with Gasteiger partial charge in [-0.3, -0.25) is 4.79 Å². The third kappa shape index (κ3) is 7.52. The molecule has 3 heteroatoms. The van der Waals surface area contributed by atoms with Crippen LogP contribution in [0.25, 0.3) is 0 Å². The maximum atomic E-state index is 11.1. The van der Waals surface area contributed by atoms with Crippen LogP contribution >= 0.6 is 11.6 Å². The second-order valence-corrected chi connectivity index (χ2v) is 4.91. The van der Waals surface area contributed by atoms with Crippen LogP contribution in [0.1, 0.15) is 71.3 Å². The van der Waals surface area contributed by atoms with E-state index in [-0.39, 0.29) is 11.8 Å². The van der Waals surface area contributed by atoms with Crippen molar-refractivity contribution in [2.75, 3.05) is 11.2 Å². The van der Waals surface area contributed by atoms with Crippen LogP contribution in [0.2, 0.25) is 0 Å². The second kappa shape index (κ2) is 12.7. The van der Waals surface area contributed by atoms with Crippen molar-refractivity contribution in [2.24, 2.45) is 0 Å². The van der Waals surface area contributed by atoms with E-state index >= 15 is 0 Å². The summed E-state index contributed by atoms with van der Waals surface area (Å²) in [5.74, 6) is 0.559. The summed E-state index contributed by atoms with van der Waals surface area (Å²) in [6.07, 6.45) is 6.66. The molecule has 0 bridgehead atoms. The molecule has 1 saturated carbocycles. The number of alkyl halides is 1. The van der Waals surface area contributed by atoms with Gasteiger partial charge in [0.15, 0.2) is 0 Å². The highest BCUT2D eigenvalue weighted by Gasteiger charge is 2.15. The van der Waals surface area contributed by atoms with Crippen molar-refractivity contribution in [3.63, 3.8) is 0 Å². The number of carbonyl (C=O) groups is 1. The normalized spacial score (nSPS) is 14.1. The third-order valence-electron chi connectivity index (χ3n) is 3.39. The molecule has 0 heterocycles. The largest absolute Gasteiger partial charge is 0.325 e. The lowest BCUT2D eigenvalue weighted by Gasteiger charge is -2.22. The highest BCUT2D eigenvalue weighted by atomic mass is 35.5. The number of halogens is 1. The lowest BCUT2D eigenvalue weighted by atomic mass is 9.84. The van der Waals surface area contributed by atoms with Crippen LogP contribution in [-0.4, -0.2) is 11.8 Å². The minimum atomic E-state index is -0.155. The number of hydrogen-bond donors (Lipinski definition) is 1. The average Bonchev–Trinajstić information content (AvgIpc) is 2.60. The second-order valence-electron chi connectivity index (χ2n) is 4.64. The molecule has 1 aromatic rings. The van der Waals surface area contributed by atoms with E-state index in [0.717, 1.165) is 5.69 Å². The molecule has 1 amide bonds. The third-order valence-corrected chi connectivity index (χ3v) is 3.64. The van der Waals surface area contributed by atoms with Crippen molar-refractivity contribution in [1.29, 1.82) is 0 Å². The van der Waals surface area contributed by atoms with Crippen LogP contribution in [0.3, 0.4) is 0 Å². The molecular formula is C18H30ClNO. The van der Waals surface area contributed by atoms with Gasteiger partial charge in [0.25, 0.3) is 0 Å². The number of benzene rings is 1.